The molecule has 0 atom stereocenters. The van der Waals surface area contributed by atoms with E-state index in [4.69, 9.17) is 0 Å². The van der Waals surface area contributed by atoms with E-state index in [0.29, 0.717) is 12.1 Å². The maximum Gasteiger partial charge on any atom is 0.224 e. The minimum atomic E-state index is 0.0520. The molecule has 0 radical (unpaired) electrons. The molecule has 0 spiro atoms. The second-order valence-electron chi connectivity index (χ2n) is 2.45. The second kappa shape index (κ2) is 3.19. The van der Waals surface area contributed by atoms with Crippen molar-refractivity contribution >= 4 is 5.91 Å². The number of nitrogens with one attached hydrogen (secondary N) is 1. The molecule has 0 unspecified atom stereocenters. The smallest absolute Gasteiger partial charge is 0.224 e. The van der Waals surface area contributed by atoms with E-state index in [9.17, 15) is 4.79 Å². The number of allylic oxidation sites excluding steroid dienone is 3. The fourth-order valence-corrected chi connectivity index (χ4v) is 1.04. The van der Waals surface area contributed by atoms with E-state index < -0.39 is 0 Å². The van der Waals surface area contributed by atoms with Crippen LogP contribution in [0.15, 0.2) is 36.6 Å². The Morgan fingerprint density at radius 1 is 1.45 bits per heavy atom. The molecule has 2 nitrogen and oxygen atoms in total. The van der Waals surface area contributed by atoms with Crippen LogP contribution in [0.3, 0.4) is 0 Å². The van der Waals surface area contributed by atoms with Crippen LogP contribution in [-0.4, -0.2) is 5.91 Å². The SMILES string of the molecule is C=C/C=C1/CCC(=O)NC1=C. The quantitative estimate of drug-likeness (QED) is 0.601. The average Bonchev–Trinajstić information content (AvgIpc) is 1.95. The van der Waals surface area contributed by atoms with Gasteiger partial charge in [-0.05, 0) is 12.0 Å². The fourth-order valence-electron chi connectivity index (χ4n) is 1.04. The first kappa shape index (κ1) is 7.79. The fraction of sp³-hybridized carbons (Fsp3) is 0.222. The van der Waals surface area contributed by atoms with Crippen LogP contribution in [0, 0.1) is 0 Å². The maximum absolute atomic E-state index is 10.8. The minimum Gasteiger partial charge on any atom is -0.326 e. The van der Waals surface area contributed by atoms with Crippen molar-refractivity contribution < 1.29 is 4.79 Å². The number of hydrogen-bond donors (Lipinski definition) is 1. The van der Waals surface area contributed by atoms with Crippen molar-refractivity contribution in [2.75, 3.05) is 0 Å². The van der Waals surface area contributed by atoms with Crippen molar-refractivity contribution in [1.29, 1.82) is 0 Å². The lowest BCUT2D eigenvalue weighted by molar-refractivity contribution is -0.120. The highest BCUT2D eigenvalue weighted by atomic mass is 16.1. The van der Waals surface area contributed by atoms with E-state index in [-0.39, 0.29) is 5.91 Å². The van der Waals surface area contributed by atoms with Crippen LogP contribution in [0.5, 0.6) is 0 Å². The Balaban J connectivity index is 2.72. The molecule has 1 N–H and O–H groups in total. The Labute approximate surface area is 66.3 Å². The van der Waals surface area contributed by atoms with Crippen molar-refractivity contribution in [2.45, 2.75) is 12.8 Å². The molecule has 1 rings (SSSR count). The van der Waals surface area contributed by atoms with Gasteiger partial charge in [0.1, 0.15) is 0 Å². The number of carbonyl (C=O) groups is 1. The third-order valence-corrected chi connectivity index (χ3v) is 1.62. The summed E-state index contributed by atoms with van der Waals surface area (Å²) in [5.41, 5.74) is 1.78. The highest BCUT2D eigenvalue weighted by molar-refractivity contribution is 5.81. The molecule has 1 fully saturated rings. The molecule has 1 aliphatic heterocycles. The zero-order valence-electron chi connectivity index (χ0n) is 6.39. The predicted molar refractivity (Wildman–Crippen MR) is 44.8 cm³/mol. The van der Waals surface area contributed by atoms with Crippen molar-refractivity contribution in [1.82, 2.24) is 5.32 Å². The van der Waals surface area contributed by atoms with E-state index in [1.165, 1.54) is 0 Å². The Hall–Kier alpha value is -1.31. The van der Waals surface area contributed by atoms with Crippen LogP contribution in [0.25, 0.3) is 0 Å². The summed E-state index contributed by atoms with van der Waals surface area (Å²) >= 11 is 0. The zero-order valence-corrected chi connectivity index (χ0v) is 6.39. The molecule has 0 aliphatic carbocycles. The number of amides is 1. The van der Waals surface area contributed by atoms with Gasteiger partial charge in [-0.1, -0.05) is 25.3 Å². The van der Waals surface area contributed by atoms with Gasteiger partial charge in [0.2, 0.25) is 5.91 Å². The molecule has 0 saturated carbocycles. The number of hydrogen-bond acceptors (Lipinski definition) is 1. The Kier molecular flexibility index (Phi) is 2.26. The molecular formula is C9H11NO. The van der Waals surface area contributed by atoms with Crippen molar-refractivity contribution in [2.24, 2.45) is 0 Å². The Bertz CT molecular complexity index is 238. The summed E-state index contributed by atoms with van der Waals surface area (Å²) < 4.78 is 0. The van der Waals surface area contributed by atoms with Crippen LogP contribution >= 0.6 is 0 Å². The molecular weight excluding hydrogens is 138 g/mol. The molecule has 0 aromatic heterocycles. The normalized spacial score (nSPS) is 21.6. The first-order valence-corrected chi connectivity index (χ1v) is 3.55. The van der Waals surface area contributed by atoms with E-state index in [0.717, 1.165) is 12.0 Å². The maximum atomic E-state index is 10.8. The van der Waals surface area contributed by atoms with E-state index in [1.54, 1.807) is 6.08 Å². The van der Waals surface area contributed by atoms with Gasteiger partial charge in [-0.15, -0.1) is 0 Å². The van der Waals surface area contributed by atoms with Crippen LogP contribution in [0.4, 0.5) is 0 Å². The van der Waals surface area contributed by atoms with Gasteiger partial charge in [-0.2, -0.15) is 0 Å². The summed E-state index contributed by atoms with van der Waals surface area (Å²) in [6.45, 7) is 7.29. The van der Waals surface area contributed by atoms with Gasteiger partial charge in [0.15, 0.2) is 0 Å². The van der Waals surface area contributed by atoms with E-state index in [1.807, 2.05) is 6.08 Å². The van der Waals surface area contributed by atoms with E-state index >= 15 is 0 Å². The van der Waals surface area contributed by atoms with Gasteiger partial charge >= 0.3 is 0 Å². The summed E-state index contributed by atoms with van der Waals surface area (Å²) in [6, 6.07) is 0. The monoisotopic (exact) mass is 149 g/mol. The average molecular weight is 149 g/mol. The van der Waals surface area contributed by atoms with Crippen molar-refractivity contribution in [3.8, 4) is 0 Å². The summed E-state index contributed by atoms with van der Waals surface area (Å²) in [5.74, 6) is 0.0520. The summed E-state index contributed by atoms with van der Waals surface area (Å²) in [4.78, 5) is 10.8. The predicted octanol–water partition coefficient (Wildman–Crippen LogP) is 1.52. The second-order valence-corrected chi connectivity index (χ2v) is 2.45. The Morgan fingerprint density at radius 2 is 2.18 bits per heavy atom. The lowest BCUT2D eigenvalue weighted by atomic mass is 10.0. The van der Waals surface area contributed by atoms with E-state index in [2.05, 4.69) is 18.5 Å². The van der Waals surface area contributed by atoms with Crippen molar-refractivity contribution in [3.63, 3.8) is 0 Å². The van der Waals surface area contributed by atoms with Crippen molar-refractivity contribution in [3.05, 3.63) is 36.6 Å². The molecule has 1 amide bonds. The first-order valence-electron chi connectivity index (χ1n) is 3.55. The molecule has 1 saturated heterocycles. The third-order valence-electron chi connectivity index (χ3n) is 1.62. The largest absolute Gasteiger partial charge is 0.326 e. The molecule has 1 heterocycles. The number of rotatable bonds is 1. The lowest BCUT2D eigenvalue weighted by Crippen LogP contribution is -2.27. The standard InChI is InChI=1S/C9H11NO/c1-3-4-8-5-6-9(11)10-7(8)2/h3-4H,1-2,5-6H2,(H,10,11)/b8-4-. The van der Waals surface area contributed by atoms with Gasteiger partial charge < -0.3 is 5.32 Å². The van der Waals surface area contributed by atoms with Gasteiger partial charge in [0.25, 0.3) is 0 Å². The van der Waals surface area contributed by atoms with Crippen LogP contribution in [-0.2, 0) is 4.79 Å². The lowest BCUT2D eigenvalue weighted by Gasteiger charge is -2.17. The molecule has 0 bridgehead atoms. The number of carbonyl (C=O) groups excluding carboxylic acids is 1. The highest BCUT2D eigenvalue weighted by Crippen LogP contribution is 2.17. The first-order chi connectivity index (χ1) is 5.24. The zero-order chi connectivity index (χ0) is 8.27. The molecule has 58 valence electrons. The van der Waals surface area contributed by atoms with Gasteiger partial charge in [-0.25, -0.2) is 0 Å². The van der Waals surface area contributed by atoms with Gasteiger partial charge in [0.05, 0.1) is 0 Å². The molecule has 0 aromatic rings. The topological polar surface area (TPSA) is 29.1 Å². The Morgan fingerprint density at radius 3 is 2.73 bits per heavy atom. The summed E-state index contributed by atoms with van der Waals surface area (Å²) in [5, 5.41) is 2.66. The van der Waals surface area contributed by atoms with Crippen LogP contribution < -0.4 is 5.32 Å². The minimum absolute atomic E-state index is 0.0520. The van der Waals surface area contributed by atoms with Crippen LogP contribution in [0.2, 0.25) is 0 Å². The highest BCUT2D eigenvalue weighted by Gasteiger charge is 2.13. The van der Waals surface area contributed by atoms with Gasteiger partial charge in [-0.3, -0.25) is 4.79 Å². The molecule has 0 aromatic carbocycles. The van der Waals surface area contributed by atoms with Gasteiger partial charge in [0, 0.05) is 12.1 Å². The van der Waals surface area contributed by atoms with Crippen LogP contribution in [0.1, 0.15) is 12.8 Å². The number of piperidine rings is 1. The third kappa shape index (κ3) is 1.80. The summed E-state index contributed by atoms with van der Waals surface area (Å²) in [6.07, 6.45) is 4.91. The molecule has 1 aliphatic rings. The molecule has 2 heteroatoms. The molecule has 11 heavy (non-hydrogen) atoms. The summed E-state index contributed by atoms with van der Waals surface area (Å²) in [7, 11) is 0.